The van der Waals surface area contributed by atoms with Gasteiger partial charge in [-0.15, -0.1) is 0 Å². The van der Waals surface area contributed by atoms with Gasteiger partial charge in [0.15, 0.2) is 5.79 Å². The van der Waals surface area contributed by atoms with Gasteiger partial charge < -0.3 is 29.6 Å². The summed E-state index contributed by atoms with van der Waals surface area (Å²) in [6.07, 6.45) is 2.57. The van der Waals surface area contributed by atoms with E-state index in [9.17, 15) is 27.2 Å². The number of alkyl halides is 3. The Morgan fingerprint density at radius 3 is 2.47 bits per heavy atom. The van der Waals surface area contributed by atoms with Crippen LogP contribution in [-0.2, 0) is 31.8 Å². The number of rotatable bonds is 10. The van der Waals surface area contributed by atoms with Crippen molar-refractivity contribution in [1.82, 2.24) is 5.32 Å². The largest absolute Gasteiger partial charge is 0.496 e. The number of halogens is 4. The molecule has 12 heteroatoms. The molecule has 0 aromatic heterocycles. The molecule has 0 unspecified atom stereocenters. The van der Waals surface area contributed by atoms with Gasteiger partial charge in [0.05, 0.1) is 50.6 Å². The number of fused-ring (bicyclic) bond motifs is 2. The molecule has 0 radical (unpaired) electrons. The second-order valence-corrected chi connectivity index (χ2v) is 13.4. The van der Waals surface area contributed by atoms with Gasteiger partial charge in [-0.2, -0.15) is 13.2 Å². The van der Waals surface area contributed by atoms with Crippen LogP contribution in [0.1, 0.15) is 60.0 Å². The van der Waals surface area contributed by atoms with Gasteiger partial charge in [-0.25, -0.2) is 4.39 Å². The smallest absolute Gasteiger partial charge is 0.419 e. The van der Waals surface area contributed by atoms with E-state index in [0.29, 0.717) is 61.7 Å². The van der Waals surface area contributed by atoms with Crippen LogP contribution in [0.4, 0.5) is 23.2 Å². The molecule has 4 saturated carbocycles. The molecule has 4 atom stereocenters. The third-order valence-corrected chi connectivity index (χ3v) is 10.2. The van der Waals surface area contributed by atoms with E-state index < -0.39 is 47.1 Å². The van der Waals surface area contributed by atoms with Crippen LogP contribution in [0.15, 0.2) is 48.0 Å². The number of hydrogen-bond acceptors (Lipinski definition) is 6. The molecule has 1 heterocycles. The van der Waals surface area contributed by atoms with E-state index in [1.165, 1.54) is 7.11 Å². The lowest BCUT2D eigenvalue weighted by atomic mass is 9.79. The minimum Gasteiger partial charge on any atom is -0.496 e. The fourth-order valence-corrected chi connectivity index (χ4v) is 7.87. The van der Waals surface area contributed by atoms with Gasteiger partial charge in [0.1, 0.15) is 11.6 Å². The quantitative estimate of drug-likeness (QED) is 0.232. The van der Waals surface area contributed by atoms with E-state index in [2.05, 4.69) is 16.7 Å². The van der Waals surface area contributed by atoms with Crippen LogP contribution in [0.2, 0.25) is 0 Å². The highest BCUT2D eigenvalue weighted by atomic mass is 19.4. The molecule has 2 aromatic rings. The maximum Gasteiger partial charge on any atom is 0.419 e. The maximum absolute atomic E-state index is 13.9. The maximum atomic E-state index is 13.9. The molecular formula is C35H38F4N2O6. The number of hydrogen-bond donors (Lipinski definition) is 2. The Kier molecular flexibility index (Phi) is 8.55. The predicted octanol–water partition coefficient (Wildman–Crippen LogP) is 6.25. The summed E-state index contributed by atoms with van der Waals surface area (Å²) in [5.74, 6) is -2.57. The van der Waals surface area contributed by atoms with Crippen molar-refractivity contribution in [3.8, 4) is 5.75 Å². The highest BCUT2D eigenvalue weighted by Crippen LogP contribution is 2.54. The molecule has 5 aliphatic rings. The van der Waals surface area contributed by atoms with E-state index in [0.717, 1.165) is 55.7 Å². The number of benzene rings is 2. The summed E-state index contributed by atoms with van der Waals surface area (Å²) in [7, 11) is 1.48. The van der Waals surface area contributed by atoms with Crippen molar-refractivity contribution >= 4 is 17.5 Å². The molecule has 4 aliphatic carbocycles. The van der Waals surface area contributed by atoms with Gasteiger partial charge in [-0.3, -0.25) is 9.59 Å². The number of carbonyl (C=O) groups is 2. The number of amides is 2. The van der Waals surface area contributed by atoms with Gasteiger partial charge in [0.2, 0.25) is 5.91 Å². The Balaban J connectivity index is 1.06. The Morgan fingerprint density at radius 2 is 1.77 bits per heavy atom. The monoisotopic (exact) mass is 658 g/mol. The van der Waals surface area contributed by atoms with Gasteiger partial charge in [0.25, 0.3) is 5.91 Å². The Labute approximate surface area is 270 Å². The topological polar surface area (TPSA) is 95.1 Å². The average molecular weight is 659 g/mol. The first-order valence-corrected chi connectivity index (χ1v) is 16.3. The lowest BCUT2D eigenvalue weighted by molar-refractivity contribution is -0.237. The first kappa shape index (κ1) is 32.1. The molecule has 47 heavy (non-hydrogen) atoms. The molecule has 5 fully saturated rings. The Hall–Kier alpha value is -3.48. The van der Waals surface area contributed by atoms with Crippen molar-refractivity contribution in [2.75, 3.05) is 32.2 Å². The lowest BCUT2D eigenvalue weighted by Gasteiger charge is -2.42. The summed E-state index contributed by atoms with van der Waals surface area (Å²) >= 11 is 0. The summed E-state index contributed by atoms with van der Waals surface area (Å²) in [6.45, 7) is 2.07. The second-order valence-electron chi connectivity index (χ2n) is 13.4. The van der Waals surface area contributed by atoms with Crippen LogP contribution >= 0.6 is 0 Å². The summed E-state index contributed by atoms with van der Waals surface area (Å²) < 4.78 is 76.9. The normalized spacial score (nSPS) is 27.3. The van der Waals surface area contributed by atoms with Crippen molar-refractivity contribution < 1.29 is 46.1 Å². The van der Waals surface area contributed by atoms with Crippen molar-refractivity contribution in [1.29, 1.82) is 0 Å². The van der Waals surface area contributed by atoms with Gasteiger partial charge >= 0.3 is 6.18 Å². The third-order valence-electron chi connectivity index (χ3n) is 10.2. The molecule has 8 nitrogen and oxygen atoms in total. The summed E-state index contributed by atoms with van der Waals surface area (Å²) in [5.41, 5.74) is 0.609. The van der Waals surface area contributed by atoms with Crippen LogP contribution in [0.5, 0.6) is 5.75 Å². The number of carbonyl (C=O) groups excluding carboxylic acids is 2. The molecule has 2 N–H and O–H groups in total. The van der Waals surface area contributed by atoms with Gasteiger partial charge in [-0.1, -0.05) is 17.7 Å². The standard InChI is InChI=1S/C35H38F4N2O6/c1-44-29-9-4-20(17-45-18-21-15-34(16-21)46-10-11-47-34)13-26(29)32(42)41-31-24-7-6-23(25(24)12-19-2-3-19)30(31)33(43)40-22-5-8-28(36)27(14-22)35(37,38)39/h4-5,8-9,12-14,19,21,23-24,30-31H,2-3,6-7,10-11,15-18H2,1H3,(H,40,43)(H,41,42)/b25-12-/t23-,24+,30-,31+/m0/s1. The molecule has 1 saturated heterocycles. The average Bonchev–Trinajstić information content (AvgIpc) is 3.43. The fraction of sp³-hybridized carbons (Fsp3) is 0.543. The van der Waals surface area contributed by atoms with E-state index >= 15 is 0 Å². The zero-order valence-electron chi connectivity index (χ0n) is 26.0. The van der Waals surface area contributed by atoms with Crippen molar-refractivity contribution in [3.63, 3.8) is 0 Å². The number of allylic oxidation sites excluding steroid dienone is 1. The second kappa shape index (κ2) is 12.5. The van der Waals surface area contributed by atoms with E-state index in [1.807, 2.05) is 6.07 Å². The zero-order valence-corrected chi connectivity index (χ0v) is 26.0. The number of ether oxygens (including phenoxy) is 4. The van der Waals surface area contributed by atoms with E-state index in [4.69, 9.17) is 18.9 Å². The van der Waals surface area contributed by atoms with Crippen LogP contribution in [-0.4, -0.2) is 50.6 Å². The molecule has 2 amide bonds. The predicted molar refractivity (Wildman–Crippen MR) is 162 cm³/mol. The zero-order chi connectivity index (χ0) is 32.9. The summed E-state index contributed by atoms with van der Waals surface area (Å²) in [5, 5.41) is 5.69. The molecule has 7 rings (SSSR count). The van der Waals surface area contributed by atoms with E-state index in [1.54, 1.807) is 12.1 Å². The van der Waals surface area contributed by atoms with E-state index in [-0.39, 0.29) is 17.5 Å². The Morgan fingerprint density at radius 1 is 1.02 bits per heavy atom. The SMILES string of the molecule is COc1ccc(COCC2CC3(C2)OCCO3)cc1C(=O)N[C@H]1[C@@H](C(=O)Nc2ccc(F)c(C(F)(F)F)c2)[C@H]2CC[C@@H]1/C2=C\C1CC1. The lowest BCUT2D eigenvalue weighted by Crippen LogP contribution is -2.48. The van der Waals surface area contributed by atoms with Crippen LogP contribution < -0.4 is 15.4 Å². The summed E-state index contributed by atoms with van der Waals surface area (Å²) in [4.78, 5) is 27.6. The number of anilines is 1. The Bertz CT molecular complexity index is 1560. The molecule has 2 aromatic carbocycles. The minimum atomic E-state index is -4.91. The van der Waals surface area contributed by atoms with Crippen molar-refractivity contribution in [2.24, 2.45) is 29.6 Å². The third kappa shape index (κ3) is 6.51. The first-order valence-electron chi connectivity index (χ1n) is 16.3. The molecule has 1 aliphatic heterocycles. The number of nitrogens with one attached hydrogen (secondary N) is 2. The van der Waals surface area contributed by atoms with Gasteiger partial charge in [-0.05, 0) is 79.3 Å². The number of methoxy groups -OCH3 is 1. The highest BCUT2D eigenvalue weighted by Gasteiger charge is 2.55. The van der Waals surface area contributed by atoms with Gasteiger partial charge in [0, 0.05) is 30.5 Å². The minimum absolute atomic E-state index is 0.0737. The van der Waals surface area contributed by atoms with Crippen LogP contribution in [0.25, 0.3) is 0 Å². The molecule has 1 spiro atoms. The van der Waals surface area contributed by atoms with Crippen LogP contribution in [0.3, 0.4) is 0 Å². The highest BCUT2D eigenvalue weighted by molar-refractivity contribution is 5.99. The first-order chi connectivity index (χ1) is 22.5. The fourth-order valence-electron chi connectivity index (χ4n) is 7.87. The molecule has 2 bridgehead atoms. The molecule has 252 valence electrons. The van der Waals surface area contributed by atoms with Crippen LogP contribution in [0, 0.1) is 35.4 Å². The molecular weight excluding hydrogens is 620 g/mol. The van der Waals surface area contributed by atoms with Crippen molar-refractivity contribution in [2.45, 2.75) is 63.1 Å². The summed E-state index contributed by atoms with van der Waals surface area (Å²) in [6, 6.07) is 7.10. The van der Waals surface area contributed by atoms with Crippen molar-refractivity contribution in [3.05, 3.63) is 70.6 Å².